The fraction of sp³-hybridized carbons (Fsp3) is 0.118. The minimum absolute atomic E-state index is 0.198. The number of hydrogen-bond acceptors (Lipinski definition) is 3. The lowest BCUT2D eigenvalue weighted by atomic mass is 10.1. The molecule has 0 unspecified atom stereocenters. The van der Waals surface area contributed by atoms with E-state index in [1.807, 2.05) is 18.2 Å². The van der Waals surface area contributed by atoms with Crippen LogP contribution in [0.5, 0.6) is 0 Å². The minimum Gasteiger partial charge on any atom is -0.451 e. The summed E-state index contributed by atoms with van der Waals surface area (Å²) in [7, 11) is 1.57. The molecular weight excluding hydrogens is 337 g/mol. The zero-order valence-corrected chi connectivity index (χ0v) is 13.7. The van der Waals surface area contributed by atoms with Crippen LogP contribution in [0.1, 0.15) is 16.1 Å². The molecule has 0 bridgehead atoms. The summed E-state index contributed by atoms with van der Waals surface area (Å²) in [5, 5.41) is 4.44. The standard InChI is InChI=1S/C17H13Cl2NO3/c1-22-9-12-11-4-2-3-5-15(11)23-16(12)17(21)20-14-8-10(18)6-7-13(14)19/h2-8H,9H2,1H3,(H,20,21). The van der Waals surface area contributed by atoms with Gasteiger partial charge in [-0.1, -0.05) is 41.4 Å². The molecule has 0 atom stereocenters. The van der Waals surface area contributed by atoms with Gasteiger partial charge < -0.3 is 14.5 Å². The third-order valence-corrected chi connectivity index (χ3v) is 3.93. The van der Waals surface area contributed by atoms with Crippen LogP contribution in [-0.4, -0.2) is 13.0 Å². The SMILES string of the molecule is COCc1c(C(=O)Nc2cc(Cl)ccc2Cl)oc2ccccc12. The molecule has 0 saturated carbocycles. The first kappa shape index (κ1) is 15.9. The lowest BCUT2D eigenvalue weighted by Crippen LogP contribution is -2.13. The first-order chi connectivity index (χ1) is 11.1. The van der Waals surface area contributed by atoms with Gasteiger partial charge in [0, 0.05) is 23.1 Å². The number of rotatable bonds is 4. The molecule has 1 N–H and O–H groups in total. The van der Waals surface area contributed by atoms with E-state index >= 15 is 0 Å². The van der Waals surface area contributed by atoms with E-state index in [1.165, 1.54) is 0 Å². The Labute approximate surface area is 142 Å². The predicted molar refractivity (Wildman–Crippen MR) is 91.3 cm³/mol. The number of nitrogens with one attached hydrogen (secondary N) is 1. The number of amides is 1. The average Bonchev–Trinajstić information content (AvgIpc) is 2.90. The summed E-state index contributed by atoms with van der Waals surface area (Å²) in [6.07, 6.45) is 0. The van der Waals surface area contributed by atoms with E-state index in [0.717, 1.165) is 5.39 Å². The van der Waals surface area contributed by atoms with E-state index in [-0.39, 0.29) is 12.4 Å². The molecule has 0 aliphatic carbocycles. The molecule has 3 rings (SSSR count). The van der Waals surface area contributed by atoms with Gasteiger partial charge in [-0.2, -0.15) is 0 Å². The monoisotopic (exact) mass is 349 g/mol. The Bertz CT molecular complexity index is 873. The predicted octanol–water partition coefficient (Wildman–Crippen LogP) is 5.14. The molecule has 1 heterocycles. The molecule has 3 aromatic rings. The second-order valence-corrected chi connectivity index (χ2v) is 5.76. The van der Waals surface area contributed by atoms with Crippen LogP contribution in [0.25, 0.3) is 11.0 Å². The van der Waals surface area contributed by atoms with Gasteiger partial charge in [0.05, 0.1) is 17.3 Å². The van der Waals surface area contributed by atoms with Gasteiger partial charge >= 0.3 is 0 Å². The van der Waals surface area contributed by atoms with Crippen LogP contribution in [0.2, 0.25) is 10.0 Å². The number of furan rings is 1. The molecule has 0 aliphatic rings. The second kappa shape index (κ2) is 6.62. The lowest BCUT2D eigenvalue weighted by Gasteiger charge is -2.07. The van der Waals surface area contributed by atoms with Gasteiger partial charge in [-0.3, -0.25) is 4.79 Å². The number of methoxy groups -OCH3 is 1. The number of hydrogen-bond donors (Lipinski definition) is 1. The highest BCUT2D eigenvalue weighted by atomic mass is 35.5. The van der Waals surface area contributed by atoms with Gasteiger partial charge in [0.1, 0.15) is 5.58 Å². The van der Waals surface area contributed by atoms with Crippen molar-refractivity contribution in [3.63, 3.8) is 0 Å². The Balaban J connectivity index is 2.00. The molecule has 0 saturated heterocycles. The van der Waals surface area contributed by atoms with E-state index in [9.17, 15) is 4.79 Å². The summed E-state index contributed by atoms with van der Waals surface area (Å²) in [4.78, 5) is 12.6. The third-order valence-electron chi connectivity index (χ3n) is 3.37. The lowest BCUT2D eigenvalue weighted by molar-refractivity contribution is 0.0992. The molecule has 6 heteroatoms. The highest BCUT2D eigenvalue weighted by Gasteiger charge is 2.21. The van der Waals surface area contributed by atoms with Crippen molar-refractivity contribution in [2.75, 3.05) is 12.4 Å². The largest absolute Gasteiger partial charge is 0.451 e. The van der Waals surface area contributed by atoms with Crippen LogP contribution >= 0.6 is 23.2 Å². The van der Waals surface area contributed by atoms with Crippen molar-refractivity contribution in [2.45, 2.75) is 6.61 Å². The maximum Gasteiger partial charge on any atom is 0.291 e. The van der Waals surface area contributed by atoms with Gasteiger partial charge in [-0.25, -0.2) is 0 Å². The van der Waals surface area contributed by atoms with Crippen molar-refractivity contribution < 1.29 is 13.9 Å². The number of ether oxygens (including phenoxy) is 1. The Morgan fingerprint density at radius 3 is 2.78 bits per heavy atom. The maximum atomic E-state index is 12.6. The summed E-state index contributed by atoms with van der Waals surface area (Å²) < 4.78 is 10.9. The van der Waals surface area contributed by atoms with E-state index < -0.39 is 5.91 Å². The highest BCUT2D eigenvalue weighted by Crippen LogP contribution is 2.29. The van der Waals surface area contributed by atoms with Gasteiger partial charge in [0.15, 0.2) is 5.76 Å². The Morgan fingerprint density at radius 2 is 2.00 bits per heavy atom. The van der Waals surface area contributed by atoms with Crippen LogP contribution in [0.3, 0.4) is 0 Å². The molecule has 0 aliphatic heterocycles. The quantitative estimate of drug-likeness (QED) is 0.709. The Kier molecular flexibility index (Phi) is 4.57. The van der Waals surface area contributed by atoms with E-state index in [4.69, 9.17) is 32.4 Å². The zero-order valence-electron chi connectivity index (χ0n) is 12.2. The van der Waals surface area contributed by atoms with E-state index in [2.05, 4.69) is 5.32 Å². The third kappa shape index (κ3) is 3.20. The fourth-order valence-electron chi connectivity index (χ4n) is 2.34. The molecule has 0 fully saturated rings. The van der Waals surface area contributed by atoms with Gasteiger partial charge in [0.25, 0.3) is 5.91 Å². The smallest absolute Gasteiger partial charge is 0.291 e. The molecule has 0 spiro atoms. The van der Waals surface area contributed by atoms with Crippen molar-refractivity contribution >= 4 is 45.8 Å². The molecule has 2 aromatic carbocycles. The van der Waals surface area contributed by atoms with Crippen molar-refractivity contribution in [1.82, 2.24) is 0 Å². The molecule has 23 heavy (non-hydrogen) atoms. The van der Waals surface area contributed by atoms with Gasteiger partial charge in [-0.15, -0.1) is 0 Å². The number of halogens is 2. The number of carbonyl (C=O) groups excluding carboxylic acids is 1. The maximum absolute atomic E-state index is 12.6. The van der Waals surface area contributed by atoms with Gasteiger partial charge in [0.2, 0.25) is 0 Å². The Hall–Kier alpha value is -2.01. The number of carbonyl (C=O) groups is 1. The molecule has 4 nitrogen and oxygen atoms in total. The van der Waals surface area contributed by atoms with Crippen molar-refractivity contribution in [2.24, 2.45) is 0 Å². The minimum atomic E-state index is -0.405. The van der Waals surface area contributed by atoms with Crippen molar-refractivity contribution in [3.05, 3.63) is 63.8 Å². The van der Waals surface area contributed by atoms with Gasteiger partial charge in [-0.05, 0) is 24.3 Å². The molecular formula is C17H13Cl2NO3. The van der Waals surface area contributed by atoms with Crippen LogP contribution in [0.4, 0.5) is 5.69 Å². The topological polar surface area (TPSA) is 51.5 Å². The average molecular weight is 350 g/mol. The number of benzene rings is 2. The highest BCUT2D eigenvalue weighted by molar-refractivity contribution is 6.35. The Morgan fingerprint density at radius 1 is 1.22 bits per heavy atom. The van der Waals surface area contributed by atoms with Crippen LogP contribution in [0, 0.1) is 0 Å². The molecule has 0 radical (unpaired) electrons. The van der Waals surface area contributed by atoms with Crippen LogP contribution in [-0.2, 0) is 11.3 Å². The van der Waals surface area contributed by atoms with Crippen LogP contribution < -0.4 is 5.32 Å². The zero-order chi connectivity index (χ0) is 16.4. The fourth-order valence-corrected chi connectivity index (χ4v) is 2.68. The van der Waals surface area contributed by atoms with Crippen molar-refractivity contribution in [1.29, 1.82) is 0 Å². The summed E-state index contributed by atoms with van der Waals surface area (Å²) in [6, 6.07) is 12.3. The van der Waals surface area contributed by atoms with Crippen LogP contribution in [0.15, 0.2) is 46.9 Å². The van der Waals surface area contributed by atoms with Crippen molar-refractivity contribution in [3.8, 4) is 0 Å². The summed E-state index contributed by atoms with van der Waals surface area (Å²) in [5.74, 6) is -0.207. The summed E-state index contributed by atoms with van der Waals surface area (Å²) in [6.45, 7) is 0.267. The summed E-state index contributed by atoms with van der Waals surface area (Å²) >= 11 is 12.0. The van der Waals surface area contributed by atoms with E-state index in [0.29, 0.717) is 26.9 Å². The summed E-state index contributed by atoms with van der Waals surface area (Å²) in [5.41, 5.74) is 1.74. The molecule has 1 amide bonds. The normalized spacial score (nSPS) is 10.9. The number of anilines is 1. The second-order valence-electron chi connectivity index (χ2n) is 4.92. The molecule has 1 aromatic heterocycles. The van der Waals surface area contributed by atoms with E-state index in [1.54, 1.807) is 31.4 Å². The molecule has 118 valence electrons. The number of fused-ring (bicyclic) bond motifs is 1. The number of para-hydroxylation sites is 1. The first-order valence-corrected chi connectivity index (χ1v) is 7.61. The first-order valence-electron chi connectivity index (χ1n) is 6.86.